The lowest BCUT2D eigenvalue weighted by Gasteiger charge is -2.42. The van der Waals surface area contributed by atoms with E-state index in [2.05, 4.69) is 4.90 Å². The number of hydrogen-bond acceptors (Lipinski definition) is 4. The molecule has 34 heavy (non-hydrogen) atoms. The molecule has 190 valence electrons. The number of carbonyl (C=O) groups is 2. The van der Waals surface area contributed by atoms with Crippen molar-refractivity contribution < 1.29 is 27.9 Å². The van der Waals surface area contributed by atoms with E-state index < -0.39 is 24.1 Å². The van der Waals surface area contributed by atoms with E-state index in [0.717, 1.165) is 31.6 Å². The number of anilines is 1. The van der Waals surface area contributed by atoms with Crippen LogP contribution in [0.15, 0.2) is 18.2 Å². The molecule has 0 aliphatic carbocycles. The van der Waals surface area contributed by atoms with Gasteiger partial charge in [0.2, 0.25) is 5.60 Å². The van der Waals surface area contributed by atoms with Gasteiger partial charge >= 0.3 is 6.18 Å². The van der Waals surface area contributed by atoms with Crippen molar-refractivity contribution in [3.05, 3.63) is 28.8 Å². The van der Waals surface area contributed by atoms with E-state index in [1.165, 1.54) is 16.7 Å². The Kier molecular flexibility index (Phi) is 8.07. The molecule has 0 bridgehead atoms. The highest BCUT2D eigenvalue weighted by Crippen LogP contribution is 2.38. The van der Waals surface area contributed by atoms with Gasteiger partial charge in [-0.3, -0.25) is 9.59 Å². The number of carbonyl (C=O) groups excluding carboxylic acids is 2. The molecule has 2 amide bonds. The lowest BCUT2D eigenvalue weighted by molar-refractivity contribution is -0.257. The van der Waals surface area contributed by atoms with Gasteiger partial charge in [-0.15, -0.1) is 0 Å². The van der Waals surface area contributed by atoms with Gasteiger partial charge in [0.15, 0.2) is 0 Å². The minimum Gasteiger partial charge on any atom is -0.373 e. The Morgan fingerprint density at radius 1 is 1.06 bits per heavy atom. The first-order chi connectivity index (χ1) is 15.9. The van der Waals surface area contributed by atoms with Crippen molar-refractivity contribution in [2.75, 3.05) is 45.2 Å². The van der Waals surface area contributed by atoms with E-state index in [-0.39, 0.29) is 19.0 Å². The molecule has 3 rings (SSSR count). The summed E-state index contributed by atoms with van der Waals surface area (Å²) in [6, 6.07) is 5.47. The van der Waals surface area contributed by atoms with Crippen molar-refractivity contribution in [3.63, 3.8) is 0 Å². The average molecular weight is 504 g/mol. The molecule has 1 aromatic carbocycles. The van der Waals surface area contributed by atoms with Crippen molar-refractivity contribution in [1.82, 2.24) is 9.80 Å². The van der Waals surface area contributed by atoms with Crippen LogP contribution in [0.5, 0.6) is 0 Å². The van der Waals surface area contributed by atoms with Crippen molar-refractivity contribution in [1.29, 1.82) is 0 Å². The average Bonchev–Trinajstić information content (AvgIpc) is 2.82. The Bertz CT molecular complexity index is 895. The summed E-state index contributed by atoms with van der Waals surface area (Å²) in [7, 11) is 3.36. The molecule has 2 saturated heterocycles. The van der Waals surface area contributed by atoms with Crippen molar-refractivity contribution in [3.8, 4) is 0 Å². The lowest BCUT2D eigenvalue weighted by atomic mass is 9.78. The molecule has 2 fully saturated rings. The fraction of sp³-hybridized carbons (Fsp3) is 0.667. The summed E-state index contributed by atoms with van der Waals surface area (Å²) in [6.45, 7) is 3.29. The van der Waals surface area contributed by atoms with Crippen molar-refractivity contribution in [2.24, 2.45) is 11.8 Å². The summed E-state index contributed by atoms with van der Waals surface area (Å²) in [5, 5.41) is 10.4. The minimum absolute atomic E-state index is 0.146. The minimum atomic E-state index is -4.98. The first-order valence-electron chi connectivity index (χ1n) is 11.7. The Balaban J connectivity index is 1.54. The largest absolute Gasteiger partial charge is 0.426 e. The van der Waals surface area contributed by atoms with Gasteiger partial charge in [0.1, 0.15) is 0 Å². The van der Waals surface area contributed by atoms with E-state index in [1.54, 1.807) is 20.2 Å². The van der Waals surface area contributed by atoms with Gasteiger partial charge in [-0.05, 0) is 62.1 Å². The van der Waals surface area contributed by atoms with Gasteiger partial charge < -0.3 is 19.8 Å². The number of aliphatic hydroxyl groups is 1. The Morgan fingerprint density at radius 2 is 1.59 bits per heavy atom. The molecular weight excluding hydrogens is 471 g/mol. The SMILES string of the molecule is CC[C@](O)(C(=O)N1CCC(C2CCN(c3ccc(C(=O)N(C)C)c(Cl)c3)CC2)CC1)C(F)(F)F. The first kappa shape index (κ1) is 26.6. The van der Waals surface area contributed by atoms with Crippen molar-refractivity contribution in [2.45, 2.75) is 50.8 Å². The Labute approximate surface area is 203 Å². The van der Waals surface area contributed by atoms with E-state index in [1.807, 2.05) is 12.1 Å². The van der Waals surface area contributed by atoms with Crippen LogP contribution in [0.3, 0.4) is 0 Å². The molecular formula is C24H33ClF3N3O3. The molecule has 2 aliphatic heterocycles. The third-order valence-electron chi connectivity index (χ3n) is 7.32. The van der Waals surface area contributed by atoms with Gasteiger partial charge in [0.25, 0.3) is 11.8 Å². The summed E-state index contributed by atoms with van der Waals surface area (Å²) in [5.74, 6) is -0.599. The number of hydrogen-bond donors (Lipinski definition) is 1. The van der Waals surface area contributed by atoms with Crippen LogP contribution in [0.1, 0.15) is 49.4 Å². The van der Waals surface area contributed by atoms with Crippen LogP contribution in [-0.4, -0.2) is 78.8 Å². The summed E-state index contributed by atoms with van der Waals surface area (Å²) in [5.41, 5.74) is -1.88. The normalized spacial score (nSPS) is 20.2. The topological polar surface area (TPSA) is 64.1 Å². The lowest BCUT2D eigenvalue weighted by Crippen LogP contribution is -2.59. The number of nitrogens with zero attached hydrogens (tertiary/aromatic N) is 3. The third-order valence-corrected chi connectivity index (χ3v) is 7.63. The standard InChI is InChI=1S/C24H33ClF3N3O3/c1-4-23(34,24(26,27)28)22(33)31-13-9-17(10-14-31)16-7-11-30(12-8-16)18-5-6-19(20(25)15-18)21(32)29(2)3/h5-6,15-17,34H,4,7-14H2,1-3H3/t23-/m0/s1. The zero-order chi connectivity index (χ0) is 25.3. The highest BCUT2D eigenvalue weighted by Gasteiger charge is 2.59. The maximum atomic E-state index is 13.2. The second-order valence-corrected chi connectivity index (χ2v) is 9.94. The second kappa shape index (κ2) is 10.3. The van der Waals surface area contributed by atoms with Gasteiger partial charge in [-0.1, -0.05) is 18.5 Å². The smallest absolute Gasteiger partial charge is 0.373 e. The number of amides is 2. The highest BCUT2D eigenvalue weighted by atomic mass is 35.5. The molecule has 0 saturated carbocycles. The molecule has 6 nitrogen and oxygen atoms in total. The zero-order valence-electron chi connectivity index (χ0n) is 19.9. The summed E-state index contributed by atoms with van der Waals surface area (Å²) in [6.07, 6.45) is -2.51. The fourth-order valence-corrected chi connectivity index (χ4v) is 5.31. The number of benzene rings is 1. The first-order valence-corrected chi connectivity index (χ1v) is 12.1. The van der Waals surface area contributed by atoms with Crippen LogP contribution in [0, 0.1) is 11.8 Å². The van der Waals surface area contributed by atoms with E-state index >= 15 is 0 Å². The molecule has 2 heterocycles. The van der Waals surface area contributed by atoms with Crippen LogP contribution < -0.4 is 4.90 Å². The zero-order valence-corrected chi connectivity index (χ0v) is 20.6. The number of halogens is 4. The predicted octanol–water partition coefficient (Wildman–Crippen LogP) is 4.20. The highest BCUT2D eigenvalue weighted by molar-refractivity contribution is 6.34. The monoisotopic (exact) mass is 503 g/mol. The molecule has 2 aliphatic rings. The molecule has 1 aromatic rings. The quantitative estimate of drug-likeness (QED) is 0.654. The third kappa shape index (κ3) is 5.30. The molecule has 0 radical (unpaired) electrons. The molecule has 1 atom stereocenters. The summed E-state index contributed by atoms with van der Waals surface area (Å²) >= 11 is 6.35. The van der Waals surface area contributed by atoms with Crippen LogP contribution >= 0.6 is 11.6 Å². The molecule has 10 heteroatoms. The predicted molar refractivity (Wildman–Crippen MR) is 125 cm³/mol. The second-order valence-electron chi connectivity index (χ2n) is 9.53. The van der Waals surface area contributed by atoms with Gasteiger partial charge in [0.05, 0.1) is 10.6 Å². The summed E-state index contributed by atoms with van der Waals surface area (Å²) in [4.78, 5) is 29.5. The van der Waals surface area contributed by atoms with E-state index in [0.29, 0.717) is 35.3 Å². The number of rotatable bonds is 5. The maximum absolute atomic E-state index is 13.2. The van der Waals surface area contributed by atoms with Crippen LogP contribution in [0.2, 0.25) is 5.02 Å². The van der Waals surface area contributed by atoms with Gasteiger partial charge in [-0.2, -0.15) is 13.2 Å². The molecule has 0 aromatic heterocycles. The number of piperidine rings is 2. The molecule has 0 spiro atoms. The Morgan fingerprint density at radius 3 is 2.03 bits per heavy atom. The molecule has 1 N–H and O–H groups in total. The van der Waals surface area contributed by atoms with Crippen LogP contribution in [0.4, 0.5) is 18.9 Å². The van der Waals surface area contributed by atoms with Crippen LogP contribution in [0.25, 0.3) is 0 Å². The number of alkyl halides is 3. The van der Waals surface area contributed by atoms with Crippen molar-refractivity contribution >= 4 is 29.1 Å². The fourth-order valence-electron chi connectivity index (χ4n) is 5.05. The van der Waals surface area contributed by atoms with E-state index in [4.69, 9.17) is 11.6 Å². The number of likely N-dealkylation sites (tertiary alicyclic amines) is 1. The maximum Gasteiger partial charge on any atom is 0.426 e. The van der Waals surface area contributed by atoms with Gasteiger partial charge in [-0.25, -0.2) is 0 Å². The van der Waals surface area contributed by atoms with Gasteiger partial charge in [0, 0.05) is 46.0 Å². The Hall–Kier alpha value is -2.00. The van der Waals surface area contributed by atoms with E-state index in [9.17, 15) is 27.9 Å². The summed E-state index contributed by atoms with van der Waals surface area (Å²) < 4.78 is 39.7. The molecule has 0 unspecified atom stereocenters. The van der Waals surface area contributed by atoms with Crippen LogP contribution in [-0.2, 0) is 4.79 Å².